The van der Waals surface area contributed by atoms with E-state index in [-0.39, 0.29) is 5.82 Å². The fraction of sp³-hybridized carbons (Fsp3) is 0.312. The van der Waals surface area contributed by atoms with E-state index in [0.717, 1.165) is 11.3 Å². The Morgan fingerprint density at radius 1 is 1.25 bits per heavy atom. The molecule has 0 aliphatic carbocycles. The van der Waals surface area contributed by atoms with Crippen LogP contribution in [0, 0.1) is 19.7 Å². The highest BCUT2D eigenvalue weighted by atomic mass is 19.1. The van der Waals surface area contributed by atoms with E-state index < -0.39 is 5.54 Å². The number of aryl methyl sites for hydroxylation is 2. The van der Waals surface area contributed by atoms with Crippen molar-refractivity contribution in [3.8, 4) is 5.75 Å². The van der Waals surface area contributed by atoms with Gasteiger partial charge in [0.25, 0.3) is 0 Å². The first kappa shape index (κ1) is 13.1. The highest BCUT2D eigenvalue weighted by Gasteiger charge is 2.37. The summed E-state index contributed by atoms with van der Waals surface area (Å²) in [6.45, 7) is 4.15. The maximum atomic E-state index is 13.9. The summed E-state index contributed by atoms with van der Waals surface area (Å²) in [4.78, 5) is 4.52. The zero-order valence-electron chi connectivity index (χ0n) is 11.6. The minimum Gasteiger partial charge on any atom is -0.491 e. The van der Waals surface area contributed by atoms with Gasteiger partial charge in [-0.15, -0.1) is 0 Å². The van der Waals surface area contributed by atoms with Gasteiger partial charge in [-0.05, 0) is 43.2 Å². The maximum absolute atomic E-state index is 13.9. The van der Waals surface area contributed by atoms with Gasteiger partial charge >= 0.3 is 0 Å². The summed E-state index contributed by atoms with van der Waals surface area (Å²) in [5, 5.41) is 0. The lowest BCUT2D eigenvalue weighted by Gasteiger charge is -2.35. The number of fused-ring (bicyclic) bond motifs is 1. The van der Waals surface area contributed by atoms with Crippen LogP contribution in [0.25, 0.3) is 0 Å². The second-order valence-corrected chi connectivity index (χ2v) is 5.33. The molecule has 2 heterocycles. The Bertz CT molecular complexity index is 672. The third kappa shape index (κ3) is 1.96. The molecule has 2 aromatic rings. The number of nitrogens with zero attached hydrogens (tertiary/aromatic N) is 1. The molecule has 0 radical (unpaired) electrons. The topological polar surface area (TPSA) is 48.1 Å². The minimum absolute atomic E-state index is 0.243. The molecule has 0 bridgehead atoms. The Balaban J connectivity index is 2.18. The first-order valence-electron chi connectivity index (χ1n) is 6.67. The largest absolute Gasteiger partial charge is 0.491 e. The summed E-state index contributed by atoms with van der Waals surface area (Å²) in [6.07, 6.45) is 0.582. The molecule has 2 N–H and O–H groups in total. The van der Waals surface area contributed by atoms with Gasteiger partial charge in [-0.3, -0.25) is 4.98 Å². The van der Waals surface area contributed by atoms with E-state index >= 15 is 0 Å². The monoisotopic (exact) mass is 272 g/mol. The van der Waals surface area contributed by atoms with E-state index in [9.17, 15) is 4.39 Å². The van der Waals surface area contributed by atoms with Gasteiger partial charge in [0.15, 0.2) is 0 Å². The first-order chi connectivity index (χ1) is 9.50. The normalized spacial score (nSPS) is 21.2. The van der Waals surface area contributed by atoms with E-state index in [1.807, 2.05) is 25.1 Å². The summed E-state index contributed by atoms with van der Waals surface area (Å²) in [5.41, 5.74) is 8.68. The number of benzene rings is 1. The van der Waals surface area contributed by atoms with Crippen molar-refractivity contribution in [1.82, 2.24) is 4.98 Å². The zero-order chi connectivity index (χ0) is 14.3. The van der Waals surface area contributed by atoms with Gasteiger partial charge in [-0.25, -0.2) is 4.39 Å². The van der Waals surface area contributed by atoms with Crippen LogP contribution in [0.5, 0.6) is 5.75 Å². The predicted octanol–water partition coefficient (Wildman–Crippen LogP) is 2.82. The van der Waals surface area contributed by atoms with Crippen LogP contribution in [-0.2, 0) is 5.54 Å². The Hall–Kier alpha value is -1.94. The average Bonchev–Trinajstić information content (AvgIpc) is 2.43. The standard InChI is InChI=1S/C16H17FN2O/c1-10-3-5-12(9-13(10)17)16(18)7-8-20-14-6-4-11(2)19-15(14)16/h3-6,9H,7-8,18H2,1-2H3/t16-/m0/s1. The molecule has 104 valence electrons. The van der Waals surface area contributed by atoms with Gasteiger partial charge in [-0.1, -0.05) is 12.1 Å². The Morgan fingerprint density at radius 2 is 2.05 bits per heavy atom. The Labute approximate surface area is 117 Å². The van der Waals surface area contributed by atoms with Crippen LogP contribution in [0.4, 0.5) is 4.39 Å². The van der Waals surface area contributed by atoms with Crippen molar-refractivity contribution in [3.63, 3.8) is 0 Å². The fourth-order valence-corrected chi connectivity index (χ4v) is 2.57. The van der Waals surface area contributed by atoms with Crippen LogP contribution in [0.15, 0.2) is 30.3 Å². The molecular formula is C16H17FN2O. The van der Waals surface area contributed by atoms with Gasteiger partial charge < -0.3 is 10.5 Å². The Kier molecular flexibility index (Phi) is 2.98. The molecule has 1 aromatic carbocycles. The summed E-state index contributed by atoms with van der Waals surface area (Å²) in [5.74, 6) is 0.443. The van der Waals surface area contributed by atoms with E-state index in [1.165, 1.54) is 6.07 Å². The molecular weight excluding hydrogens is 255 g/mol. The van der Waals surface area contributed by atoms with Crippen molar-refractivity contribution >= 4 is 0 Å². The number of pyridine rings is 1. The second kappa shape index (κ2) is 4.56. The summed E-state index contributed by atoms with van der Waals surface area (Å²) in [7, 11) is 0. The third-order valence-corrected chi connectivity index (χ3v) is 3.86. The molecule has 0 amide bonds. The molecule has 1 aliphatic heterocycles. The van der Waals surface area contributed by atoms with Crippen molar-refractivity contribution in [2.45, 2.75) is 25.8 Å². The number of rotatable bonds is 1. The van der Waals surface area contributed by atoms with Crippen LogP contribution >= 0.6 is 0 Å². The SMILES string of the molecule is Cc1ccc2c(n1)[C@@](N)(c1ccc(C)c(F)c1)CCO2. The number of ether oxygens (including phenoxy) is 1. The number of nitrogens with two attached hydrogens (primary N) is 1. The highest BCUT2D eigenvalue weighted by Crippen LogP contribution is 2.38. The molecule has 0 saturated heterocycles. The van der Waals surface area contributed by atoms with Crippen molar-refractivity contribution in [1.29, 1.82) is 0 Å². The molecule has 1 atom stereocenters. The fourth-order valence-electron chi connectivity index (χ4n) is 2.57. The molecule has 0 unspecified atom stereocenters. The number of halogens is 1. The van der Waals surface area contributed by atoms with E-state index in [4.69, 9.17) is 10.5 Å². The van der Waals surface area contributed by atoms with Gasteiger partial charge in [-0.2, -0.15) is 0 Å². The van der Waals surface area contributed by atoms with Crippen molar-refractivity contribution in [2.24, 2.45) is 5.73 Å². The van der Waals surface area contributed by atoms with Crippen LogP contribution in [0.1, 0.15) is 28.9 Å². The molecule has 0 fully saturated rings. The number of hydrogen-bond acceptors (Lipinski definition) is 3. The molecule has 3 rings (SSSR count). The zero-order valence-corrected chi connectivity index (χ0v) is 11.6. The average molecular weight is 272 g/mol. The van der Waals surface area contributed by atoms with Gasteiger partial charge in [0.1, 0.15) is 17.3 Å². The van der Waals surface area contributed by atoms with Gasteiger partial charge in [0.2, 0.25) is 0 Å². The lowest BCUT2D eigenvalue weighted by molar-refractivity contribution is 0.232. The predicted molar refractivity (Wildman–Crippen MR) is 75.2 cm³/mol. The van der Waals surface area contributed by atoms with Crippen LogP contribution in [-0.4, -0.2) is 11.6 Å². The molecule has 1 aliphatic rings. The quantitative estimate of drug-likeness (QED) is 0.868. The van der Waals surface area contributed by atoms with Crippen molar-refractivity contribution in [2.75, 3.05) is 6.61 Å². The van der Waals surface area contributed by atoms with Crippen LogP contribution < -0.4 is 10.5 Å². The lowest BCUT2D eigenvalue weighted by Crippen LogP contribution is -2.43. The van der Waals surface area contributed by atoms with Crippen LogP contribution in [0.3, 0.4) is 0 Å². The van der Waals surface area contributed by atoms with E-state index in [0.29, 0.717) is 30.0 Å². The lowest BCUT2D eigenvalue weighted by atomic mass is 9.82. The summed E-state index contributed by atoms with van der Waals surface area (Å²) < 4.78 is 19.5. The van der Waals surface area contributed by atoms with Gasteiger partial charge in [0.05, 0.1) is 12.1 Å². The first-order valence-corrected chi connectivity index (χ1v) is 6.67. The smallest absolute Gasteiger partial charge is 0.143 e. The van der Waals surface area contributed by atoms with E-state index in [2.05, 4.69) is 4.98 Å². The molecule has 0 spiro atoms. The molecule has 4 heteroatoms. The van der Waals surface area contributed by atoms with Crippen molar-refractivity contribution in [3.05, 3.63) is 58.7 Å². The molecule has 20 heavy (non-hydrogen) atoms. The third-order valence-electron chi connectivity index (χ3n) is 3.86. The summed E-state index contributed by atoms with van der Waals surface area (Å²) in [6, 6.07) is 8.90. The Morgan fingerprint density at radius 3 is 2.80 bits per heavy atom. The van der Waals surface area contributed by atoms with Gasteiger partial charge in [0, 0.05) is 12.1 Å². The summed E-state index contributed by atoms with van der Waals surface area (Å²) >= 11 is 0. The van der Waals surface area contributed by atoms with Crippen molar-refractivity contribution < 1.29 is 9.13 Å². The second-order valence-electron chi connectivity index (χ2n) is 5.33. The number of hydrogen-bond donors (Lipinski definition) is 1. The van der Waals surface area contributed by atoms with E-state index in [1.54, 1.807) is 13.0 Å². The maximum Gasteiger partial charge on any atom is 0.143 e. The molecule has 1 aromatic heterocycles. The molecule has 0 saturated carbocycles. The van der Waals surface area contributed by atoms with Crippen LogP contribution in [0.2, 0.25) is 0 Å². The molecule has 3 nitrogen and oxygen atoms in total. The minimum atomic E-state index is -0.797. The highest BCUT2D eigenvalue weighted by molar-refractivity contribution is 5.45. The number of aromatic nitrogens is 1.